The SMILES string of the molecule is CCCCN(CC)C(=O)NCCN1CCc2ccccc2C1. The van der Waals surface area contributed by atoms with Gasteiger partial charge in [0.05, 0.1) is 0 Å². The summed E-state index contributed by atoms with van der Waals surface area (Å²) < 4.78 is 0. The summed E-state index contributed by atoms with van der Waals surface area (Å²) in [5.74, 6) is 0. The molecule has 1 N–H and O–H groups in total. The lowest BCUT2D eigenvalue weighted by atomic mass is 10.00. The molecule has 1 heterocycles. The van der Waals surface area contributed by atoms with Gasteiger partial charge in [0.2, 0.25) is 0 Å². The fraction of sp³-hybridized carbons (Fsp3) is 0.611. The first-order chi connectivity index (χ1) is 10.7. The summed E-state index contributed by atoms with van der Waals surface area (Å²) in [6.07, 6.45) is 3.31. The highest BCUT2D eigenvalue weighted by atomic mass is 16.2. The van der Waals surface area contributed by atoms with Gasteiger partial charge < -0.3 is 10.2 Å². The van der Waals surface area contributed by atoms with Crippen LogP contribution in [-0.4, -0.2) is 48.6 Å². The minimum Gasteiger partial charge on any atom is -0.337 e. The summed E-state index contributed by atoms with van der Waals surface area (Å²) >= 11 is 0. The van der Waals surface area contributed by atoms with Crippen molar-refractivity contribution in [3.8, 4) is 0 Å². The molecule has 1 aromatic rings. The van der Waals surface area contributed by atoms with E-state index in [1.165, 1.54) is 11.1 Å². The van der Waals surface area contributed by atoms with E-state index in [0.717, 1.165) is 58.5 Å². The molecule has 22 heavy (non-hydrogen) atoms. The monoisotopic (exact) mass is 303 g/mol. The van der Waals surface area contributed by atoms with Crippen molar-refractivity contribution in [2.45, 2.75) is 39.7 Å². The molecule has 1 aromatic carbocycles. The third-order valence-electron chi connectivity index (χ3n) is 4.36. The van der Waals surface area contributed by atoms with Crippen LogP contribution in [0.2, 0.25) is 0 Å². The van der Waals surface area contributed by atoms with Crippen LogP contribution in [0.15, 0.2) is 24.3 Å². The van der Waals surface area contributed by atoms with Crippen LogP contribution in [0.5, 0.6) is 0 Å². The van der Waals surface area contributed by atoms with Gasteiger partial charge in [0.25, 0.3) is 0 Å². The lowest BCUT2D eigenvalue weighted by Gasteiger charge is -2.29. The number of amides is 2. The Kier molecular flexibility index (Phi) is 6.72. The average Bonchev–Trinajstić information content (AvgIpc) is 2.55. The van der Waals surface area contributed by atoms with Crippen LogP contribution in [0, 0.1) is 0 Å². The van der Waals surface area contributed by atoms with Crippen LogP contribution in [-0.2, 0) is 13.0 Å². The Morgan fingerprint density at radius 2 is 2.05 bits per heavy atom. The Morgan fingerprint density at radius 3 is 2.77 bits per heavy atom. The molecular formula is C18H29N3O. The van der Waals surface area contributed by atoms with E-state index in [1.54, 1.807) is 0 Å². The number of unbranched alkanes of at least 4 members (excludes halogenated alkanes) is 1. The second kappa shape index (κ2) is 8.79. The molecule has 0 saturated heterocycles. The minimum absolute atomic E-state index is 0.0772. The fourth-order valence-electron chi connectivity index (χ4n) is 2.93. The van der Waals surface area contributed by atoms with Crippen LogP contribution < -0.4 is 5.32 Å². The normalized spacial score (nSPS) is 14.5. The van der Waals surface area contributed by atoms with Crippen molar-refractivity contribution in [1.82, 2.24) is 15.1 Å². The molecule has 2 amide bonds. The Labute approximate surface area is 134 Å². The largest absolute Gasteiger partial charge is 0.337 e. The molecule has 0 aromatic heterocycles. The Hall–Kier alpha value is -1.55. The van der Waals surface area contributed by atoms with Crippen LogP contribution in [0.1, 0.15) is 37.8 Å². The molecule has 0 radical (unpaired) electrons. The van der Waals surface area contributed by atoms with Crippen molar-refractivity contribution < 1.29 is 4.79 Å². The number of benzene rings is 1. The summed E-state index contributed by atoms with van der Waals surface area (Å²) in [6, 6.07) is 8.74. The van der Waals surface area contributed by atoms with E-state index in [9.17, 15) is 4.79 Å². The number of rotatable bonds is 7. The fourth-order valence-corrected chi connectivity index (χ4v) is 2.93. The molecule has 0 spiro atoms. The van der Waals surface area contributed by atoms with Crippen molar-refractivity contribution in [3.63, 3.8) is 0 Å². The van der Waals surface area contributed by atoms with Gasteiger partial charge in [0, 0.05) is 39.3 Å². The van der Waals surface area contributed by atoms with Gasteiger partial charge in [-0.3, -0.25) is 4.90 Å². The van der Waals surface area contributed by atoms with Crippen LogP contribution in [0.3, 0.4) is 0 Å². The maximum Gasteiger partial charge on any atom is 0.317 e. The zero-order valence-electron chi connectivity index (χ0n) is 14.0. The predicted molar refractivity (Wildman–Crippen MR) is 91.0 cm³/mol. The molecular weight excluding hydrogens is 274 g/mol. The van der Waals surface area contributed by atoms with Crippen molar-refractivity contribution in [2.24, 2.45) is 0 Å². The number of fused-ring (bicyclic) bond motifs is 1. The molecule has 0 aliphatic carbocycles. The highest BCUT2D eigenvalue weighted by Gasteiger charge is 2.16. The number of nitrogens with one attached hydrogen (secondary N) is 1. The average molecular weight is 303 g/mol. The summed E-state index contributed by atoms with van der Waals surface area (Å²) in [6.45, 7) is 9.56. The van der Waals surface area contributed by atoms with E-state index in [1.807, 2.05) is 11.8 Å². The quantitative estimate of drug-likeness (QED) is 0.841. The number of carbonyl (C=O) groups excluding carboxylic acids is 1. The summed E-state index contributed by atoms with van der Waals surface area (Å²) in [5.41, 5.74) is 2.90. The zero-order valence-corrected chi connectivity index (χ0v) is 14.0. The first-order valence-electron chi connectivity index (χ1n) is 8.56. The second-order valence-corrected chi connectivity index (χ2v) is 5.96. The maximum atomic E-state index is 12.1. The first kappa shape index (κ1) is 16.8. The Morgan fingerprint density at radius 1 is 1.27 bits per heavy atom. The summed E-state index contributed by atoms with van der Waals surface area (Å²) in [7, 11) is 0. The number of hydrogen-bond acceptors (Lipinski definition) is 2. The van der Waals surface area contributed by atoms with E-state index < -0.39 is 0 Å². The zero-order chi connectivity index (χ0) is 15.8. The van der Waals surface area contributed by atoms with Gasteiger partial charge in [0.15, 0.2) is 0 Å². The van der Waals surface area contributed by atoms with E-state index in [-0.39, 0.29) is 6.03 Å². The molecule has 4 nitrogen and oxygen atoms in total. The van der Waals surface area contributed by atoms with Crippen LogP contribution in [0.4, 0.5) is 4.79 Å². The van der Waals surface area contributed by atoms with Gasteiger partial charge in [-0.25, -0.2) is 4.79 Å². The third-order valence-corrected chi connectivity index (χ3v) is 4.36. The standard InChI is InChI=1S/C18H29N3O/c1-3-5-12-21(4-2)18(22)19-11-14-20-13-10-16-8-6-7-9-17(16)15-20/h6-9H,3-5,10-15H2,1-2H3,(H,19,22). The van der Waals surface area contributed by atoms with E-state index in [4.69, 9.17) is 0 Å². The number of urea groups is 1. The molecule has 2 rings (SSSR count). The van der Waals surface area contributed by atoms with Gasteiger partial charge in [-0.05, 0) is 30.9 Å². The highest BCUT2D eigenvalue weighted by Crippen LogP contribution is 2.17. The van der Waals surface area contributed by atoms with Gasteiger partial charge in [-0.2, -0.15) is 0 Å². The van der Waals surface area contributed by atoms with E-state index >= 15 is 0 Å². The molecule has 0 atom stereocenters. The van der Waals surface area contributed by atoms with Crippen molar-refractivity contribution in [1.29, 1.82) is 0 Å². The lowest BCUT2D eigenvalue weighted by Crippen LogP contribution is -2.44. The van der Waals surface area contributed by atoms with Gasteiger partial charge >= 0.3 is 6.03 Å². The molecule has 1 aliphatic rings. The third kappa shape index (κ3) is 4.73. The molecule has 4 heteroatoms. The second-order valence-electron chi connectivity index (χ2n) is 5.96. The van der Waals surface area contributed by atoms with Crippen molar-refractivity contribution in [3.05, 3.63) is 35.4 Å². The van der Waals surface area contributed by atoms with Crippen LogP contribution in [0.25, 0.3) is 0 Å². The maximum absolute atomic E-state index is 12.1. The molecule has 0 bridgehead atoms. The smallest absolute Gasteiger partial charge is 0.317 e. The molecule has 0 unspecified atom stereocenters. The Bertz CT molecular complexity index is 475. The van der Waals surface area contributed by atoms with Gasteiger partial charge in [0.1, 0.15) is 0 Å². The molecule has 0 saturated carbocycles. The summed E-state index contributed by atoms with van der Waals surface area (Å²) in [4.78, 5) is 16.4. The van der Waals surface area contributed by atoms with Gasteiger partial charge in [-0.1, -0.05) is 37.6 Å². The minimum atomic E-state index is 0.0772. The topological polar surface area (TPSA) is 35.6 Å². The highest BCUT2D eigenvalue weighted by molar-refractivity contribution is 5.74. The molecule has 1 aliphatic heterocycles. The van der Waals surface area contributed by atoms with E-state index in [0.29, 0.717) is 0 Å². The predicted octanol–water partition coefficient (Wildman–Crippen LogP) is 2.88. The molecule has 122 valence electrons. The van der Waals surface area contributed by atoms with Gasteiger partial charge in [-0.15, -0.1) is 0 Å². The van der Waals surface area contributed by atoms with Crippen molar-refractivity contribution >= 4 is 6.03 Å². The van der Waals surface area contributed by atoms with E-state index in [2.05, 4.69) is 41.4 Å². The lowest BCUT2D eigenvalue weighted by molar-refractivity contribution is 0.195. The van der Waals surface area contributed by atoms with Crippen LogP contribution >= 0.6 is 0 Å². The van der Waals surface area contributed by atoms with Crippen molar-refractivity contribution in [2.75, 3.05) is 32.7 Å². The Balaban J connectivity index is 1.72. The number of hydrogen-bond donors (Lipinski definition) is 1. The number of carbonyl (C=O) groups is 1. The molecule has 0 fully saturated rings. The first-order valence-corrected chi connectivity index (χ1v) is 8.56. The summed E-state index contributed by atoms with van der Waals surface area (Å²) in [5, 5.41) is 3.06. The number of nitrogens with zero attached hydrogens (tertiary/aromatic N) is 2.